The first-order chi connectivity index (χ1) is 8.77. The number of halogens is 1. The standard InChI is InChI=1S/C13H17BrN2O3/c1-13(2,12(19)15-3)7-16-11(18)9-6-8(14)4-5-10(9)17/h4-6,17H,7H2,1-3H3,(H,15,19)(H,16,18). The lowest BCUT2D eigenvalue weighted by Gasteiger charge is -2.22. The molecule has 0 fully saturated rings. The molecule has 104 valence electrons. The van der Waals surface area contributed by atoms with E-state index in [-0.39, 0.29) is 23.8 Å². The third-order valence-corrected chi connectivity index (χ3v) is 3.23. The van der Waals surface area contributed by atoms with Gasteiger partial charge in [0.1, 0.15) is 5.75 Å². The molecule has 0 aliphatic rings. The molecule has 0 saturated carbocycles. The monoisotopic (exact) mass is 328 g/mol. The van der Waals surface area contributed by atoms with Crippen molar-refractivity contribution in [2.24, 2.45) is 5.41 Å². The maximum absolute atomic E-state index is 12.0. The van der Waals surface area contributed by atoms with Crippen molar-refractivity contribution >= 4 is 27.7 Å². The van der Waals surface area contributed by atoms with Crippen LogP contribution in [-0.2, 0) is 4.79 Å². The van der Waals surface area contributed by atoms with Crippen molar-refractivity contribution in [1.82, 2.24) is 10.6 Å². The van der Waals surface area contributed by atoms with Gasteiger partial charge in [0.25, 0.3) is 5.91 Å². The van der Waals surface area contributed by atoms with Crippen LogP contribution in [-0.4, -0.2) is 30.5 Å². The van der Waals surface area contributed by atoms with Gasteiger partial charge in [0.15, 0.2) is 0 Å². The summed E-state index contributed by atoms with van der Waals surface area (Å²) < 4.78 is 0.695. The summed E-state index contributed by atoms with van der Waals surface area (Å²) in [6.45, 7) is 3.64. The first-order valence-corrected chi connectivity index (χ1v) is 6.56. The molecule has 0 aliphatic heterocycles. The molecule has 0 radical (unpaired) electrons. The van der Waals surface area contributed by atoms with Gasteiger partial charge in [-0.2, -0.15) is 0 Å². The first kappa shape index (κ1) is 15.5. The molecule has 0 bridgehead atoms. The largest absolute Gasteiger partial charge is 0.507 e. The minimum Gasteiger partial charge on any atom is -0.507 e. The molecule has 0 saturated heterocycles. The number of carbonyl (C=O) groups excluding carboxylic acids is 2. The van der Waals surface area contributed by atoms with Gasteiger partial charge in [-0.15, -0.1) is 0 Å². The fraction of sp³-hybridized carbons (Fsp3) is 0.385. The van der Waals surface area contributed by atoms with Crippen molar-refractivity contribution in [2.45, 2.75) is 13.8 Å². The molecule has 0 heterocycles. The fourth-order valence-corrected chi connectivity index (χ4v) is 1.87. The highest BCUT2D eigenvalue weighted by atomic mass is 79.9. The van der Waals surface area contributed by atoms with Crippen molar-refractivity contribution in [3.8, 4) is 5.75 Å². The molecule has 0 aromatic heterocycles. The van der Waals surface area contributed by atoms with Crippen LogP contribution in [0.5, 0.6) is 5.75 Å². The zero-order valence-corrected chi connectivity index (χ0v) is 12.7. The fourth-order valence-electron chi connectivity index (χ4n) is 1.51. The number of phenolic OH excluding ortho intramolecular Hbond substituents is 1. The average Bonchev–Trinajstić information content (AvgIpc) is 2.37. The third-order valence-electron chi connectivity index (χ3n) is 2.74. The van der Waals surface area contributed by atoms with Crippen LogP contribution >= 0.6 is 15.9 Å². The summed E-state index contributed by atoms with van der Waals surface area (Å²) in [5.74, 6) is -0.680. The highest BCUT2D eigenvalue weighted by molar-refractivity contribution is 9.10. The Hall–Kier alpha value is -1.56. The van der Waals surface area contributed by atoms with Crippen molar-refractivity contribution < 1.29 is 14.7 Å². The second kappa shape index (κ2) is 6.06. The number of nitrogens with one attached hydrogen (secondary N) is 2. The Morgan fingerprint density at radius 3 is 2.58 bits per heavy atom. The lowest BCUT2D eigenvalue weighted by atomic mass is 9.92. The van der Waals surface area contributed by atoms with Crippen molar-refractivity contribution in [1.29, 1.82) is 0 Å². The minimum absolute atomic E-state index is 0.0987. The Bertz CT molecular complexity index is 501. The molecule has 0 unspecified atom stereocenters. The molecule has 1 aromatic carbocycles. The maximum atomic E-state index is 12.0. The number of hydrogen-bond donors (Lipinski definition) is 3. The predicted molar refractivity (Wildman–Crippen MR) is 76.0 cm³/mol. The Balaban J connectivity index is 2.76. The molecule has 0 atom stereocenters. The Morgan fingerprint density at radius 2 is 2.00 bits per heavy atom. The number of hydrogen-bond acceptors (Lipinski definition) is 3. The molecule has 6 heteroatoms. The van der Waals surface area contributed by atoms with Crippen LogP contribution in [0, 0.1) is 5.41 Å². The van der Waals surface area contributed by atoms with E-state index in [1.54, 1.807) is 27.0 Å². The van der Waals surface area contributed by atoms with Gasteiger partial charge in [0.2, 0.25) is 5.91 Å². The normalized spacial score (nSPS) is 10.9. The highest BCUT2D eigenvalue weighted by Gasteiger charge is 2.27. The van der Waals surface area contributed by atoms with Gasteiger partial charge >= 0.3 is 0 Å². The van der Waals surface area contributed by atoms with Gasteiger partial charge in [0.05, 0.1) is 11.0 Å². The van der Waals surface area contributed by atoms with Crippen LogP contribution < -0.4 is 10.6 Å². The summed E-state index contributed by atoms with van der Waals surface area (Å²) in [7, 11) is 1.55. The average molecular weight is 329 g/mol. The van der Waals surface area contributed by atoms with Crippen LogP contribution in [0.2, 0.25) is 0 Å². The van der Waals surface area contributed by atoms with Crippen LogP contribution in [0.1, 0.15) is 24.2 Å². The van der Waals surface area contributed by atoms with Gasteiger partial charge in [-0.3, -0.25) is 9.59 Å². The third kappa shape index (κ3) is 3.96. The summed E-state index contributed by atoms with van der Waals surface area (Å²) in [6.07, 6.45) is 0. The Kier molecular flexibility index (Phi) is 4.94. The zero-order valence-electron chi connectivity index (χ0n) is 11.1. The maximum Gasteiger partial charge on any atom is 0.255 e. The number of rotatable bonds is 4. The second-order valence-electron chi connectivity index (χ2n) is 4.81. The molecule has 0 spiro atoms. The molecule has 2 amide bonds. The van der Waals surface area contributed by atoms with Crippen LogP contribution in [0.4, 0.5) is 0 Å². The summed E-state index contributed by atoms with van der Waals surface area (Å²) in [5.41, 5.74) is -0.548. The van der Waals surface area contributed by atoms with E-state index < -0.39 is 11.3 Å². The van der Waals surface area contributed by atoms with E-state index >= 15 is 0 Å². The minimum atomic E-state index is -0.716. The number of carbonyl (C=O) groups is 2. The second-order valence-corrected chi connectivity index (χ2v) is 5.72. The van der Waals surface area contributed by atoms with E-state index in [1.807, 2.05) is 0 Å². The summed E-state index contributed by atoms with van der Waals surface area (Å²) in [4.78, 5) is 23.5. The number of aromatic hydroxyl groups is 1. The molecule has 19 heavy (non-hydrogen) atoms. The van der Waals surface area contributed by atoms with Crippen LogP contribution in [0.25, 0.3) is 0 Å². The summed E-state index contributed by atoms with van der Waals surface area (Å²) >= 11 is 3.23. The van der Waals surface area contributed by atoms with Gasteiger partial charge in [-0.25, -0.2) is 0 Å². The molecule has 0 aliphatic carbocycles. The van der Waals surface area contributed by atoms with Crippen LogP contribution in [0.15, 0.2) is 22.7 Å². The van der Waals surface area contributed by atoms with Crippen molar-refractivity contribution in [2.75, 3.05) is 13.6 Å². The van der Waals surface area contributed by atoms with E-state index in [2.05, 4.69) is 26.6 Å². The van der Waals surface area contributed by atoms with E-state index in [1.165, 1.54) is 12.1 Å². The quantitative estimate of drug-likeness (QED) is 0.786. The van der Waals surface area contributed by atoms with Crippen LogP contribution in [0.3, 0.4) is 0 Å². The lowest BCUT2D eigenvalue weighted by molar-refractivity contribution is -0.128. The SMILES string of the molecule is CNC(=O)C(C)(C)CNC(=O)c1cc(Br)ccc1O. The van der Waals surface area contributed by atoms with Gasteiger partial charge in [0, 0.05) is 18.1 Å². The Morgan fingerprint density at radius 1 is 1.37 bits per heavy atom. The summed E-state index contributed by atoms with van der Waals surface area (Å²) in [5, 5.41) is 14.8. The summed E-state index contributed by atoms with van der Waals surface area (Å²) in [6, 6.07) is 4.60. The van der Waals surface area contributed by atoms with Gasteiger partial charge < -0.3 is 15.7 Å². The number of phenols is 1. The molecular formula is C13H17BrN2O3. The number of amides is 2. The molecular weight excluding hydrogens is 312 g/mol. The van der Waals surface area contributed by atoms with E-state index in [4.69, 9.17) is 0 Å². The first-order valence-electron chi connectivity index (χ1n) is 5.77. The predicted octanol–water partition coefficient (Wildman–Crippen LogP) is 1.66. The highest BCUT2D eigenvalue weighted by Crippen LogP contribution is 2.22. The lowest BCUT2D eigenvalue weighted by Crippen LogP contribution is -2.43. The smallest absolute Gasteiger partial charge is 0.255 e. The topological polar surface area (TPSA) is 78.4 Å². The van der Waals surface area contributed by atoms with Crippen molar-refractivity contribution in [3.05, 3.63) is 28.2 Å². The Labute approximate surface area is 120 Å². The molecule has 1 rings (SSSR count). The van der Waals surface area contributed by atoms with Crippen molar-refractivity contribution in [3.63, 3.8) is 0 Å². The molecule has 5 nitrogen and oxygen atoms in total. The molecule has 3 N–H and O–H groups in total. The van der Waals surface area contributed by atoms with Gasteiger partial charge in [-0.1, -0.05) is 15.9 Å². The van der Waals surface area contributed by atoms with E-state index in [0.29, 0.717) is 4.47 Å². The zero-order chi connectivity index (χ0) is 14.6. The molecule has 1 aromatic rings. The number of benzene rings is 1. The van der Waals surface area contributed by atoms with Gasteiger partial charge in [-0.05, 0) is 32.0 Å². The van der Waals surface area contributed by atoms with E-state index in [9.17, 15) is 14.7 Å². The van der Waals surface area contributed by atoms with E-state index in [0.717, 1.165) is 0 Å².